The number of nitrogens with one attached hydrogen (secondary N) is 3. The van der Waals surface area contributed by atoms with E-state index in [0.29, 0.717) is 13.0 Å². The second-order valence-electron chi connectivity index (χ2n) is 9.90. The van der Waals surface area contributed by atoms with Gasteiger partial charge in [-0.05, 0) is 56.7 Å². The van der Waals surface area contributed by atoms with Gasteiger partial charge in [0.25, 0.3) is 5.91 Å². The van der Waals surface area contributed by atoms with Crippen LogP contribution in [0.15, 0.2) is 18.2 Å². The predicted octanol–water partition coefficient (Wildman–Crippen LogP) is 2.04. The third-order valence-electron chi connectivity index (χ3n) is 7.05. The number of carbonyl (C=O) groups excluding carboxylic acids is 2. The van der Waals surface area contributed by atoms with Crippen LogP contribution in [0.5, 0.6) is 0 Å². The number of anilines is 1. The number of terminal acetylenes is 1. The van der Waals surface area contributed by atoms with E-state index in [-0.39, 0.29) is 42.2 Å². The summed E-state index contributed by atoms with van der Waals surface area (Å²) >= 11 is 0. The molecule has 3 rings (SSSR count). The summed E-state index contributed by atoms with van der Waals surface area (Å²) in [5, 5.41) is 26.2. The van der Waals surface area contributed by atoms with Gasteiger partial charge in [0, 0.05) is 24.7 Å². The maximum atomic E-state index is 14.0. The van der Waals surface area contributed by atoms with E-state index >= 15 is 0 Å². The van der Waals surface area contributed by atoms with Crippen molar-refractivity contribution < 1.29 is 42.6 Å². The molecule has 5 atom stereocenters. The summed E-state index contributed by atoms with van der Waals surface area (Å²) in [6, 6.07) is 1.39. The topological polar surface area (TPSA) is 148 Å². The molecule has 0 bridgehead atoms. The molecule has 212 valence electrons. The molecule has 5 N–H and O–H groups in total. The Kier molecular flexibility index (Phi) is 9.45. The number of alkyl halides is 3. The Bertz CT molecular complexity index is 1150. The maximum absolute atomic E-state index is 14.0. The van der Waals surface area contributed by atoms with Gasteiger partial charge in [-0.3, -0.25) is 19.7 Å². The lowest BCUT2D eigenvalue weighted by Crippen LogP contribution is -2.61. The summed E-state index contributed by atoms with van der Waals surface area (Å²) in [4.78, 5) is 48.9. The van der Waals surface area contributed by atoms with E-state index in [9.17, 15) is 37.5 Å². The van der Waals surface area contributed by atoms with Gasteiger partial charge in [-0.1, -0.05) is 5.92 Å². The molecule has 39 heavy (non-hydrogen) atoms. The van der Waals surface area contributed by atoms with Gasteiger partial charge in [-0.2, -0.15) is 13.2 Å². The molecule has 1 aliphatic heterocycles. The van der Waals surface area contributed by atoms with Crippen molar-refractivity contribution in [3.63, 3.8) is 0 Å². The number of nitrogens with zero attached hydrogens (tertiary/aromatic N) is 1. The highest BCUT2D eigenvalue weighted by atomic mass is 19.4. The fraction of sp³-hybridized carbons (Fsp3) is 0.538. The molecule has 1 saturated heterocycles. The minimum Gasteiger partial charge on any atom is -0.481 e. The van der Waals surface area contributed by atoms with Crippen LogP contribution < -0.4 is 20.9 Å². The van der Waals surface area contributed by atoms with Crippen molar-refractivity contribution in [2.45, 2.75) is 63.5 Å². The van der Waals surface area contributed by atoms with Crippen LogP contribution in [0.3, 0.4) is 0 Å². The van der Waals surface area contributed by atoms with Gasteiger partial charge in [0.1, 0.15) is 6.04 Å². The Labute approximate surface area is 223 Å². The molecule has 1 aromatic carbocycles. The molecule has 10 nitrogen and oxygen atoms in total. The van der Waals surface area contributed by atoms with E-state index < -0.39 is 54.0 Å². The van der Waals surface area contributed by atoms with E-state index in [1.165, 1.54) is 6.07 Å². The number of amides is 2. The van der Waals surface area contributed by atoms with Gasteiger partial charge in [-0.15, -0.1) is 6.42 Å². The van der Waals surface area contributed by atoms with Crippen LogP contribution in [-0.2, 0) is 20.6 Å². The van der Waals surface area contributed by atoms with Crippen LogP contribution in [0.1, 0.15) is 54.9 Å². The first-order valence-corrected chi connectivity index (χ1v) is 12.5. The first-order chi connectivity index (χ1) is 18.3. The van der Waals surface area contributed by atoms with Crippen LogP contribution in [-0.4, -0.2) is 65.3 Å². The van der Waals surface area contributed by atoms with Crippen LogP contribution in [0.2, 0.25) is 0 Å². The molecule has 0 spiro atoms. The molecule has 13 heteroatoms. The van der Waals surface area contributed by atoms with Crippen LogP contribution in [0.4, 0.5) is 18.9 Å². The van der Waals surface area contributed by atoms with Crippen molar-refractivity contribution >= 4 is 29.4 Å². The summed E-state index contributed by atoms with van der Waals surface area (Å²) in [5.74, 6) is -2.05. The van der Waals surface area contributed by atoms with Crippen LogP contribution in [0.25, 0.3) is 0 Å². The van der Waals surface area contributed by atoms with Gasteiger partial charge < -0.3 is 25.7 Å². The Morgan fingerprint density at radius 2 is 1.97 bits per heavy atom. The molecular weight excluding hydrogens is 521 g/mol. The lowest BCUT2D eigenvalue weighted by Gasteiger charge is -2.42. The smallest absolute Gasteiger partial charge is 0.417 e. The second kappa shape index (κ2) is 12.4. The molecule has 1 aromatic rings. The van der Waals surface area contributed by atoms with E-state index in [2.05, 4.69) is 16.6 Å². The number of hydrogen-bond acceptors (Lipinski definition) is 6. The number of carbonyl (C=O) groups is 4. The van der Waals surface area contributed by atoms with Crippen molar-refractivity contribution in [3.05, 3.63) is 29.3 Å². The highest BCUT2D eigenvalue weighted by molar-refractivity contribution is 5.98. The average molecular weight is 553 g/mol. The zero-order valence-corrected chi connectivity index (χ0v) is 21.3. The Morgan fingerprint density at radius 1 is 1.26 bits per heavy atom. The van der Waals surface area contributed by atoms with Gasteiger partial charge in [0.2, 0.25) is 5.91 Å². The summed E-state index contributed by atoms with van der Waals surface area (Å²) in [5.41, 5.74) is -1.96. The standard InChI is InChI=1S/C26H31F3N4O6/c1-3-10-33(13-15-4-7-20-18(11-15)24(37)31-14(2)30-20)16-5-6-17(19(12-16)26(27,28)29)23(36)32-21(25(38)39)8-9-22(34)35/h1,5-6,12,14-15,18,20-21,30H,4,7-11,13H2,2H3,(H,31,37)(H,32,36)(H,34,35)(H,38,39). The number of hydrogen-bond donors (Lipinski definition) is 5. The number of rotatable bonds is 10. The largest absolute Gasteiger partial charge is 0.481 e. The van der Waals surface area contributed by atoms with Crippen LogP contribution >= 0.6 is 0 Å². The minimum atomic E-state index is -4.95. The van der Waals surface area contributed by atoms with Gasteiger partial charge >= 0.3 is 18.1 Å². The number of carboxylic acid groups (broad SMARTS) is 2. The van der Waals surface area contributed by atoms with Crippen molar-refractivity contribution in [2.75, 3.05) is 18.0 Å². The molecule has 0 aromatic heterocycles. The van der Waals surface area contributed by atoms with E-state index in [4.69, 9.17) is 11.5 Å². The van der Waals surface area contributed by atoms with Gasteiger partial charge in [0.15, 0.2) is 0 Å². The third kappa shape index (κ3) is 7.63. The fourth-order valence-electron chi connectivity index (χ4n) is 5.20. The Morgan fingerprint density at radius 3 is 2.59 bits per heavy atom. The highest BCUT2D eigenvalue weighted by Gasteiger charge is 2.40. The van der Waals surface area contributed by atoms with E-state index in [1.807, 2.05) is 12.2 Å². The third-order valence-corrected chi connectivity index (χ3v) is 7.05. The number of halogens is 3. The number of fused-ring (bicyclic) bond motifs is 1. The SMILES string of the molecule is C#CCN(CC1CCC2NC(C)NC(=O)C2C1)c1ccc(C(=O)NC(CCC(=O)O)C(=O)O)c(C(F)(F)F)c1. The molecule has 5 unspecified atom stereocenters. The van der Waals surface area contributed by atoms with Crippen molar-refractivity contribution in [1.82, 2.24) is 16.0 Å². The summed E-state index contributed by atoms with van der Waals surface area (Å²) in [7, 11) is 0. The first kappa shape index (κ1) is 29.8. The Balaban J connectivity index is 1.82. The molecular formula is C26H31F3N4O6. The molecule has 1 saturated carbocycles. The predicted molar refractivity (Wildman–Crippen MR) is 134 cm³/mol. The zero-order valence-electron chi connectivity index (χ0n) is 21.3. The first-order valence-electron chi connectivity index (χ1n) is 12.5. The molecule has 2 aliphatic rings. The average Bonchev–Trinajstić information content (AvgIpc) is 2.85. The van der Waals surface area contributed by atoms with Crippen LogP contribution in [0, 0.1) is 24.2 Å². The fourth-order valence-corrected chi connectivity index (χ4v) is 5.20. The second-order valence-corrected chi connectivity index (χ2v) is 9.90. The number of carboxylic acids is 2. The lowest BCUT2D eigenvalue weighted by atomic mass is 9.76. The monoisotopic (exact) mass is 552 g/mol. The quantitative estimate of drug-likeness (QED) is 0.277. The van der Waals surface area contributed by atoms with E-state index in [0.717, 1.165) is 25.0 Å². The normalized spacial score (nSPS) is 23.5. The molecule has 1 aliphatic carbocycles. The lowest BCUT2D eigenvalue weighted by molar-refractivity contribution is -0.140. The minimum absolute atomic E-state index is 0.00874. The maximum Gasteiger partial charge on any atom is 0.417 e. The molecule has 0 radical (unpaired) electrons. The van der Waals surface area contributed by atoms with E-state index in [1.54, 1.807) is 4.90 Å². The van der Waals surface area contributed by atoms with Crippen molar-refractivity contribution in [2.24, 2.45) is 11.8 Å². The molecule has 2 fully saturated rings. The van der Waals surface area contributed by atoms with Crippen molar-refractivity contribution in [1.29, 1.82) is 0 Å². The molecule has 2 amide bonds. The highest BCUT2D eigenvalue weighted by Crippen LogP contribution is 2.37. The summed E-state index contributed by atoms with van der Waals surface area (Å²) in [6.45, 7) is 2.15. The van der Waals surface area contributed by atoms with Gasteiger partial charge in [0.05, 0.1) is 29.8 Å². The molecule has 1 heterocycles. The van der Waals surface area contributed by atoms with Crippen molar-refractivity contribution in [3.8, 4) is 12.3 Å². The number of aliphatic carboxylic acids is 2. The van der Waals surface area contributed by atoms with Gasteiger partial charge in [-0.25, -0.2) is 4.79 Å². The summed E-state index contributed by atoms with van der Waals surface area (Å²) in [6.07, 6.45) is 1.34. The Hall–Kier alpha value is -3.79. The summed E-state index contributed by atoms with van der Waals surface area (Å²) < 4.78 is 42.1. The zero-order chi connectivity index (χ0) is 28.9. The number of benzene rings is 1.